The van der Waals surface area contributed by atoms with Gasteiger partial charge in [0.15, 0.2) is 5.96 Å². The maximum Gasteiger partial charge on any atom is 0.191 e. The van der Waals surface area contributed by atoms with Gasteiger partial charge in [-0.1, -0.05) is 24.3 Å². The van der Waals surface area contributed by atoms with E-state index in [0.29, 0.717) is 13.1 Å². The second kappa shape index (κ2) is 12.0. The number of hydrogen-bond donors (Lipinski definition) is 2. The van der Waals surface area contributed by atoms with Crippen LogP contribution < -0.4 is 10.6 Å². The number of aromatic nitrogens is 3. The number of benzene rings is 1. The number of nitrogens with one attached hydrogen (secondary N) is 2. The van der Waals surface area contributed by atoms with Crippen LogP contribution in [0, 0.1) is 0 Å². The van der Waals surface area contributed by atoms with Gasteiger partial charge in [-0.2, -0.15) is 5.10 Å². The lowest BCUT2D eigenvalue weighted by atomic mass is 10.1. The average molecular weight is 499 g/mol. The quantitative estimate of drug-likeness (QED) is 0.342. The van der Waals surface area contributed by atoms with E-state index in [1.165, 1.54) is 11.1 Å². The fourth-order valence-corrected chi connectivity index (χ4v) is 2.92. The van der Waals surface area contributed by atoms with Gasteiger partial charge in [0.2, 0.25) is 0 Å². The average Bonchev–Trinajstić information content (AvgIpc) is 3.11. The summed E-state index contributed by atoms with van der Waals surface area (Å²) in [5.74, 6) is 1.64. The van der Waals surface area contributed by atoms with E-state index in [1.807, 2.05) is 7.05 Å². The highest BCUT2D eigenvalue weighted by Crippen LogP contribution is 2.10. The summed E-state index contributed by atoms with van der Waals surface area (Å²) in [6, 6.07) is 8.71. The summed E-state index contributed by atoms with van der Waals surface area (Å²) in [4.78, 5) is 11.3. The molecule has 1 aromatic heterocycles. The van der Waals surface area contributed by atoms with E-state index in [2.05, 4.69) is 61.8 Å². The van der Waals surface area contributed by atoms with Gasteiger partial charge >= 0.3 is 0 Å². The molecule has 0 spiro atoms. The van der Waals surface area contributed by atoms with Gasteiger partial charge in [0.25, 0.3) is 0 Å². The fraction of sp³-hybridized carbons (Fsp3) is 0.526. The van der Waals surface area contributed by atoms with E-state index in [9.17, 15) is 0 Å². The lowest BCUT2D eigenvalue weighted by molar-refractivity contribution is 0.0342. The standard InChI is InChI=1S/C19H29N7O.HI/c1-3-20-19(22-13-18-23-15-24-25(18)2)21-12-16-4-6-17(7-5-16)14-26-8-10-27-11-9-26;/h4-7,15H,3,8-14H2,1-2H3,(H2,20,21,22);1H. The summed E-state index contributed by atoms with van der Waals surface area (Å²) >= 11 is 0. The summed E-state index contributed by atoms with van der Waals surface area (Å²) in [5, 5.41) is 10.6. The van der Waals surface area contributed by atoms with E-state index in [4.69, 9.17) is 4.74 Å². The van der Waals surface area contributed by atoms with Crippen LogP contribution in [0.2, 0.25) is 0 Å². The molecule has 1 saturated heterocycles. The Hall–Kier alpha value is -1.72. The Morgan fingerprint density at radius 3 is 2.50 bits per heavy atom. The molecule has 0 bridgehead atoms. The number of hydrogen-bond acceptors (Lipinski definition) is 5. The van der Waals surface area contributed by atoms with Gasteiger partial charge in [-0.05, 0) is 18.1 Å². The number of aliphatic imine (C=N–C) groups is 1. The Kier molecular flexibility index (Phi) is 9.65. The van der Waals surface area contributed by atoms with Gasteiger partial charge < -0.3 is 15.4 Å². The number of guanidine groups is 1. The topological polar surface area (TPSA) is 79.6 Å². The summed E-state index contributed by atoms with van der Waals surface area (Å²) in [6.07, 6.45) is 1.56. The molecule has 0 unspecified atom stereocenters. The van der Waals surface area contributed by atoms with Crippen molar-refractivity contribution in [3.05, 3.63) is 47.5 Å². The molecule has 0 amide bonds. The monoisotopic (exact) mass is 499 g/mol. The third-order valence-corrected chi connectivity index (χ3v) is 4.52. The molecule has 28 heavy (non-hydrogen) atoms. The van der Waals surface area contributed by atoms with Crippen LogP contribution in [0.3, 0.4) is 0 Å². The molecular weight excluding hydrogens is 469 g/mol. The number of rotatable bonds is 7. The summed E-state index contributed by atoms with van der Waals surface area (Å²) < 4.78 is 7.16. The second-order valence-corrected chi connectivity index (χ2v) is 6.55. The first-order valence-electron chi connectivity index (χ1n) is 9.47. The van der Waals surface area contributed by atoms with Crippen molar-refractivity contribution >= 4 is 29.9 Å². The molecular formula is C19H30IN7O. The zero-order valence-corrected chi connectivity index (χ0v) is 18.9. The van der Waals surface area contributed by atoms with Crippen molar-refractivity contribution in [2.24, 2.45) is 12.0 Å². The molecule has 0 saturated carbocycles. The van der Waals surface area contributed by atoms with E-state index < -0.39 is 0 Å². The van der Waals surface area contributed by atoms with E-state index in [0.717, 1.165) is 51.2 Å². The molecule has 2 N–H and O–H groups in total. The maximum atomic E-state index is 5.40. The van der Waals surface area contributed by atoms with E-state index >= 15 is 0 Å². The maximum absolute atomic E-state index is 5.40. The first kappa shape index (κ1) is 22.6. The molecule has 1 aliphatic rings. The van der Waals surface area contributed by atoms with Gasteiger partial charge in [-0.15, -0.1) is 24.0 Å². The summed E-state index contributed by atoms with van der Waals surface area (Å²) in [7, 11) is 1.88. The van der Waals surface area contributed by atoms with Crippen LogP contribution in [0.4, 0.5) is 0 Å². The number of aryl methyl sites for hydroxylation is 1. The predicted molar refractivity (Wildman–Crippen MR) is 121 cm³/mol. The van der Waals surface area contributed by atoms with Gasteiger partial charge in [-0.3, -0.25) is 9.58 Å². The number of halogens is 1. The Labute approximate surface area is 183 Å². The van der Waals surface area contributed by atoms with Gasteiger partial charge in [0.05, 0.1) is 26.3 Å². The molecule has 0 aliphatic carbocycles. The lowest BCUT2D eigenvalue weighted by Gasteiger charge is -2.26. The number of morpholine rings is 1. The lowest BCUT2D eigenvalue weighted by Crippen LogP contribution is -2.37. The van der Waals surface area contributed by atoms with Crippen molar-refractivity contribution in [2.75, 3.05) is 32.8 Å². The van der Waals surface area contributed by atoms with Crippen molar-refractivity contribution in [1.82, 2.24) is 30.3 Å². The van der Waals surface area contributed by atoms with Crippen molar-refractivity contribution in [3.63, 3.8) is 0 Å². The van der Waals surface area contributed by atoms with Crippen molar-refractivity contribution in [1.29, 1.82) is 0 Å². The molecule has 1 fully saturated rings. The Bertz CT molecular complexity index is 726. The van der Waals surface area contributed by atoms with Crippen LogP contribution in [-0.4, -0.2) is 58.5 Å². The molecule has 0 radical (unpaired) electrons. The molecule has 0 atom stereocenters. The smallest absolute Gasteiger partial charge is 0.191 e. The van der Waals surface area contributed by atoms with Gasteiger partial charge in [0.1, 0.15) is 12.2 Å². The van der Waals surface area contributed by atoms with Crippen LogP contribution in [0.5, 0.6) is 0 Å². The first-order chi connectivity index (χ1) is 13.2. The highest BCUT2D eigenvalue weighted by Gasteiger charge is 2.10. The Morgan fingerprint density at radius 1 is 1.14 bits per heavy atom. The minimum absolute atomic E-state index is 0. The molecule has 2 heterocycles. The SMILES string of the molecule is CCNC(=NCc1ccc(CN2CCOCC2)cc1)NCc1ncnn1C.I. The van der Waals surface area contributed by atoms with Gasteiger partial charge in [0, 0.05) is 33.2 Å². The molecule has 1 aliphatic heterocycles. The van der Waals surface area contributed by atoms with Crippen molar-refractivity contribution in [3.8, 4) is 0 Å². The van der Waals surface area contributed by atoms with Crippen LogP contribution in [-0.2, 0) is 31.4 Å². The third-order valence-electron chi connectivity index (χ3n) is 4.52. The highest BCUT2D eigenvalue weighted by atomic mass is 127. The van der Waals surface area contributed by atoms with Crippen molar-refractivity contribution < 1.29 is 4.74 Å². The van der Waals surface area contributed by atoms with Crippen LogP contribution in [0.25, 0.3) is 0 Å². The van der Waals surface area contributed by atoms with Crippen molar-refractivity contribution in [2.45, 2.75) is 26.6 Å². The van der Waals surface area contributed by atoms with E-state index in [1.54, 1.807) is 11.0 Å². The molecule has 1 aromatic carbocycles. The van der Waals surface area contributed by atoms with Crippen LogP contribution in [0.15, 0.2) is 35.6 Å². The summed E-state index contributed by atoms with van der Waals surface area (Å²) in [5.41, 5.74) is 2.52. The predicted octanol–water partition coefficient (Wildman–Crippen LogP) is 1.52. The van der Waals surface area contributed by atoms with Crippen LogP contribution in [0.1, 0.15) is 23.9 Å². The Balaban J connectivity index is 0.00000280. The normalized spacial score (nSPS) is 15.1. The third kappa shape index (κ3) is 7.02. The zero-order chi connectivity index (χ0) is 18.9. The second-order valence-electron chi connectivity index (χ2n) is 6.55. The number of nitrogens with zero attached hydrogens (tertiary/aromatic N) is 5. The fourth-order valence-electron chi connectivity index (χ4n) is 2.92. The largest absolute Gasteiger partial charge is 0.379 e. The summed E-state index contributed by atoms with van der Waals surface area (Å²) in [6.45, 7) is 8.75. The molecule has 2 aromatic rings. The first-order valence-corrected chi connectivity index (χ1v) is 9.47. The number of ether oxygens (including phenoxy) is 1. The molecule has 8 nitrogen and oxygen atoms in total. The Morgan fingerprint density at radius 2 is 1.86 bits per heavy atom. The zero-order valence-electron chi connectivity index (χ0n) is 16.6. The minimum Gasteiger partial charge on any atom is -0.379 e. The minimum atomic E-state index is 0. The molecule has 3 rings (SSSR count). The molecule has 154 valence electrons. The van der Waals surface area contributed by atoms with E-state index in [-0.39, 0.29) is 24.0 Å². The van der Waals surface area contributed by atoms with Crippen LogP contribution >= 0.6 is 24.0 Å². The molecule has 9 heteroatoms. The van der Waals surface area contributed by atoms with Gasteiger partial charge in [-0.25, -0.2) is 9.98 Å². The highest BCUT2D eigenvalue weighted by molar-refractivity contribution is 14.0.